The third-order valence-corrected chi connectivity index (χ3v) is 2.28. The Balaban J connectivity index is 3.92. The minimum Gasteiger partial charge on any atom is -0.344 e. The van der Waals surface area contributed by atoms with Gasteiger partial charge >= 0.3 is 0 Å². The van der Waals surface area contributed by atoms with Crippen molar-refractivity contribution in [2.75, 3.05) is 13.6 Å². The van der Waals surface area contributed by atoms with Gasteiger partial charge in [-0.15, -0.1) is 6.58 Å². The van der Waals surface area contributed by atoms with Crippen LogP contribution < -0.4 is 5.73 Å². The molecular formula is C11H22N2O. The van der Waals surface area contributed by atoms with Crippen molar-refractivity contribution in [2.45, 2.75) is 32.7 Å². The van der Waals surface area contributed by atoms with Gasteiger partial charge in [-0.2, -0.15) is 0 Å². The summed E-state index contributed by atoms with van der Waals surface area (Å²) in [6.07, 6.45) is 3.76. The van der Waals surface area contributed by atoms with Crippen molar-refractivity contribution in [1.82, 2.24) is 4.90 Å². The van der Waals surface area contributed by atoms with Crippen LogP contribution in [0.2, 0.25) is 0 Å². The molecule has 0 bridgehead atoms. The Morgan fingerprint density at radius 1 is 1.57 bits per heavy atom. The maximum Gasteiger partial charge on any atom is 0.239 e. The maximum absolute atomic E-state index is 11.7. The number of nitrogens with zero attached hydrogens (tertiary/aromatic N) is 1. The zero-order valence-corrected chi connectivity index (χ0v) is 9.49. The van der Waals surface area contributed by atoms with E-state index >= 15 is 0 Å². The number of rotatable bonds is 6. The molecule has 0 saturated carbocycles. The van der Waals surface area contributed by atoms with Gasteiger partial charge in [0.25, 0.3) is 0 Å². The molecule has 0 spiro atoms. The quantitative estimate of drug-likeness (QED) is 0.518. The lowest BCUT2D eigenvalue weighted by Gasteiger charge is -2.23. The van der Waals surface area contributed by atoms with E-state index in [1.54, 1.807) is 11.9 Å². The highest BCUT2D eigenvalue weighted by Gasteiger charge is 2.20. The average molecular weight is 198 g/mol. The predicted molar refractivity (Wildman–Crippen MR) is 59.9 cm³/mol. The van der Waals surface area contributed by atoms with Crippen molar-refractivity contribution < 1.29 is 4.79 Å². The number of hydrogen-bond donors (Lipinski definition) is 1. The van der Waals surface area contributed by atoms with Crippen LogP contribution in [0.5, 0.6) is 0 Å². The molecule has 0 aliphatic rings. The first kappa shape index (κ1) is 13.2. The molecule has 0 aromatic rings. The fraction of sp³-hybridized carbons (Fsp3) is 0.727. The first-order valence-electron chi connectivity index (χ1n) is 5.12. The lowest BCUT2D eigenvalue weighted by Crippen LogP contribution is -2.45. The maximum atomic E-state index is 11.7. The SMILES string of the molecule is C=CCCCN(C)C(=O)C(N)C(C)C. The van der Waals surface area contributed by atoms with Crippen LogP contribution in [0.15, 0.2) is 12.7 Å². The summed E-state index contributed by atoms with van der Waals surface area (Å²) in [6, 6.07) is -0.372. The molecule has 3 heteroatoms. The smallest absolute Gasteiger partial charge is 0.239 e. The normalized spacial score (nSPS) is 12.6. The third kappa shape index (κ3) is 4.42. The Hall–Kier alpha value is -0.830. The van der Waals surface area contributed by atoms with Crippen LogP contribution in [0, 0.1) is 5.92 Å². The van der Waals surface area contributed by atoms with Crippen LogP contribution in [-0.4, -0.2) is 30.4 Å². The Morgan fingerprint density at radius 3 is 2.57 bits per heavy atom. The number of allylic oxidation sites excluding steroid dienone is 1. The summed E-state index contributed by atoms with van der Waals surface area (Å²) in [5.41, 5.74) is 5.75. The lowest BCUT2D eigenvalue weighted by molar-refractivity contribution is -0.132. The lowest BCUT2D eigenvalue weighted by atomic mass is 10.0. The largest absolute Gasteiger partial charge is 0.344 e. The molecule has 0 aliphatic heterocycles. The fourth-order valence-corrected chi connectivity index (χ4v) is 1.12. The van der Waals surface area contributed by atoms with E-state index in [0.29, 0.717) is 0 Å². The van der Waals surface area contributed by atoms with Gasteiger partial charge in [-0.05, 0) is 18.8 Å². The predicted octanol–water partition coefficient (Wildman–Crippen LogP) is 1.39. The molecule has 82 valence electrons. The van der Waals surface area contributed by atoms with Gasteiger partial charge in [0.2, 0.25) is 5.91 Å². The second-order valence-electron chi connectivity index (χ2n) is 3.96. The second kappa shape index (κ2) is 6.60. The number of hydrogen-bond acceptors (Lipinski definition) is 2. The minimum atomic E-state index is -0.372. The molecule has 1 atom stereocenters. The highest BCUT2D eigenvalue weighted by Crippen LogP contribution is 2.03. The van der Waals surface area contributed by atoms with Gasteiger partial charge < -0.3 is 10.6 Å². The van der Waals surface area contributed by atoms with Gasteiger partial charge in [-0.3, -0.25) is 4.79 Å². The van der Waals surface area contributed by atoms with E-state index in [1.807, 2.05) is 19.9 Å². The average Bonchev–Trinajstić information content (AvgIpc) is 2.15. The summed E-state index contributed by atoms with van der Waals surface area (Å²) < 4.78 is 0. The molecule has 0 rings (SSSR count). The van der Waals surface area contributed by atoms with E-state index < -0.39 is 0 Å². The molecule has 0 aromatic carbocycles. The van der Waals surface area contributed by atoms with Crippen molar-refractivity contribution >= 4 is 5.91 Å². The van der Waals surface area contributed by atoms with Crippen molar-refractivity contribution in [2.24, 2.45) is 11.7 Å². The van der Waals surface area contributed by atoms with Crippen LogP contribution in [0.25, 0.3) is 0 Å². The van der Waals surface area contributed by atoms with Crippen LogP contribution >= 0.6 is 0 Å². The first-order valence-corrected chi connectivity index (χ1v) is 5.12. The highest BCUT2D eigenvalue weighted by molar-refractivity contribution is 5.81. The van der Waals surface area contributed by atoms with Gasteiger partial charge in [0, 0.05) is 13.6 Å². The molecule has 0 fully saturated rings. The zero-order chi connectivity index (χ0) is 11.1. The highest BCUT2D eigenvalue weighted by atomic mass is 16.2. The summed E-state index contributed by atoms with van der Waals surface area (Å²) in [6.45, 7) is 8.31. The molecule has 0 saturated heterocycles. The molecule has 0 aromatic heterocycles. The summed E-state index contributed by atoms with van der Waals surface area (Å²) >= 11 is 0. The van der Waals surface area contributed by atoms with Crippen molar-refractivity contribution in [3.05, 3.63) is 12.7 Å². The van der Waals surface area contributed by atoms with E-state index in [-0.39, 0.29) is 17.9 Å². The van der Waals surface area contributed by atoms with E-state index in [0.717, 1.165) is 19.4 Å². The standard InChI is InChI=1S/C11H22N2O/c1-5-6-7-8-13(4)11(14)10(12)9(2)3/h5,9-10H,1,6-8,12H2,2-4H3. The summed E-state index contributed by atoms with van der Waals surface area (Å²) in [5.74, 6) is 0.230. The first-order chi connectivity index (χ1) is 6.50. The molecular weight excluding hydrogens is 176 g/mol. The molecule has 0 heterocycles. The van der Waals surface area contributed by atoms with Gasteiger partial charge in [0.1, 0.15) is 0 Å². The molecule has 0 radical (unpaired) electrons. The van der Waals surface area contributed by atoms with Gasteiger partial charge in [0.05, 0.1) is 6.04 Å². The van der Waals surface area contributed by atoms with E-state index in [9.17, 15) is 4.79 Å². The van der Waals surface area contributed by atoms with Crippen LogP contribution in [0.1, 0.15) is 26.7 Å². The molecule has 1 unspecified atom stereocenters. The van der Waals surface area contributed by atoms with E-state index in [4.69, 9.17) is 5.73 Å². The Morgan fingerprint density at radius 2 is 2.14 bits per heavy atom. The van der Waals surface area contributed by atoms with E-state index in [2.05, 4.69) is 6.58 Å². The Bertz CT molecular complexity index is 190. The van der Waals surface area contributed by atoms with E-state index in [1.165, 1.54) is 0 Å². The summed E-state index contributed by atoms with van der Waals surface area (Å²) in [5, 5.41) is 0. The minimum absolute atomic E-state index is 0.0315. The van der Waals surface area contributed by atoms with Crippen molar-refractivity contribution in [3.63, 3.8) is 0 Å². The van der Waals surface area contributed by atoms with Crippen LogP contribution in [0.4, 0.5) is 0 Å². The van der Waals surface area contributed by atoms with Gasteiger partial charge in [-0.1, -0.05) is 19.9 Å². The summed E-state index contributed by atoms with van der Waals surface area (Å²) in [7, 11) is 1.80. The van der Waals surface area contributed by atoms with Gasteiger partial charge in [-0.25, -0.2) is 0 Å². The fourth-order valence-electron chi connectivity index (χ4n) is 1.12. The molecule has 0 aliphatic carbocycles. The number of carbonyl (C=O) groups is 1. The van der Waals surface area contributed by atoms with Gasteiger partial charge in [0.15, 0.2) is 0 Å². The molecule has 3 nitrogen and oxygen atoms in total. The number of amides is 1. The Labute approximate surface area is 87.0 Å². The molecule has 14 heavy (non-hydrogen) atoms. The van der Waals surface area contributed by atoms with Crippen molar-refractivity contribution in [3.8, 4) is 0 Å². The number of nitrogens with two attached hydrogens (primary N) is 1. The molecule has 2 N–H and O–H groups in total. The van der Waals surface area contributed by atoms with Crippen molar-refractivity contribution in [1.29, 1.82) is 0 Å². The third-order valence-electron chi connectivity index (χ3n) is 2.28. The number of likely N-dealkylation sites (N-methyl/N-ethyl adjacent to an activating group) is 1. The Kier molecular flexibility index (Phi) is 6.21. The van der Waals surface area contributed by atoms with Crippen LogP contribution in [0.3, 0.4) is 0 Å². The topological polar surface area (TPSA) is 46.3 Å². The monoisotopic (exact) mass is 198 g/mol. The summed E-state index contributed by atoms with van der Waals surface area (Å²) in [4.78, 5) is 13.4. The number of unbranched alkanes of at least 4 members (excludes halogenated alkanes) is 1. The van der Waals surface area contributed by atoms with Crippen LogP contribution in [-0.2, 0) is 4.79 Å². The number of carbonyl (C=O) groups excluding carboxylic acids is 1. The molecule has 1 amide bonds. The zero-order valence-electron chi connectivity index (χ0n) is 9.49. The second-order valence-corrected chi connectivity index (χ2v) is 3.96.